The number of hydrogen-bond donors (Lipinski definition) is 2. The molecule has 2 aromatic carbocycles. The maximum Gasteiger partial charge on any atom is 0.350 e. The number of anilines is 1. The number of carbonyl (C=O) groups excluding carboxylic acids is 1. The van der Waals surface area contributed by atoms with E-state index in [0.717, 1.165) is 27.9 Å². The third-order valence-electron chi connectivity index (χ3n) is 4.15. The number of hydrogen-bond acceptors (Lipinski definition) is 6. The Morgan fingerprint density at radius 1 is 1.19 bits per heavy atom. The molecule has 0 amide bonds. The summed E-state index contributed by atoms with van der Waals surface area (Å²) in [7, 11) is 3.01. The van der Waals surface area contributed by atoms with Crippen molar-refractivity contribution in [3.63, 3.8) is 0 Å². The zero-order valence-corrected chi connectivity index (χ0v) is 15.6. The van der Waals surface area contributed by atoms with E-state index < -0.39 is 0 Å². The second-order valence-electron chi connectivity index (χ2n) is 5.99. The van der Waals surface area contributed by atoms with Crippen LogP contribution in [0.3, 0.4) is 0 Å². The summed E-state index contributed by atoms with van der Waals surface area (Å²) >= 11 is 1.40. The van der Waals surface area contributed by atoms with Crippen LogP contribution in [-0.2, 0) is 11.2 Å². The van der Waals surface area contributed by atoms with Crippen LogP contribution in [0.2, 0.25) is 0 Å². The van der Waals surface area contributed by atoms with E-state index in [4.69, 9.17) is 15.2 Å². The average molecular weight is 370 g/mol. The van der Waals surface area contributed by atoms with Gasteiger partial charge in [-0.05, 0) is 30.2 Å². The molecule has 5 nitrogen and oxygen atoms in total. The van der Waals surface area contributed by atoms with Crippen LogP contribution in [0.1, 0.15) is 15.2 Å². The summed E-state index contributed by atoms with van der Waals surface area (Å²) in [5.74, 6) is 0.382. The van der Waals surface area contributed by atoms with Gasteiger partial charge >= 0.3 is 5.97 Å². The first-order valence-corrected chi connectivity index (χ1v) is 9.16. The zero-order valence-electron chi connectivity index (χ0n) is 14.8. The number of nitrogens with two attached hydrogens (primary N) is 1. The lowest BCUT2D eigenvalue weighted by molar-refractivity contribution is 0.0607. The lowest BCUT2D eigenvalue weighted by Crippen LogP contribution is -2.31. The van der Waals surface area contributed by atoms with Crippen molar-refractivity contribution in [2.24, 2.45) is 5.73 Å². The molecule has 0 bridgehead atoms. The number of benzene rings is 2. The number of rotatable bonds is 7. The highest BCUT2D eigenvalue weighted by Gasteiger charge is 2.20. The lowest BCUT2D eigenvalue weighted by atomic mass is 10.1. The van der Waals surface area contributed by atoms with Gasteiger partial charge in [-0.2, -0.15) is 0 Å². The van der Waals surface area contributed by atoms with E-state index in [-0.39, 0.29) is 12.0 Å². The SMILES string of the molecule is COC(=O)c1sc2ccc(OC)cc2c1NC[C@H](N)Cc1ccccc1. The van der Waals surface area contributed by atoms with E-state index in [0.29, 0.717) is 11.4 Å². The molecule has 3 N–H and O–H groups in total. The van der Waals surface area contributed by atoms with Crippen LogP contribution < -0.4 is 15.8 Å². The van der Waals surface area contributed by atoms with E-state index in [1.165, 1.54) is 24.0 Å². The highest BCUT2D eigenvalue weighted by Crippen LogP contribution is 2.38. The first kappa shape index (κ1) is 18.2. The van der Waals surface area contributed by atoms with Crippen molar-refractivity contribution < 1.29 is 14.3 Å². The molecule has 1 aromatic heterocycles. The summed E-state index contributed by atoms with van der Waals surface area (Å²) in [5, 5.41) is 4.28. The Morgan fingerprint density at radius 3 is 2.65 bits per heavy atom. The molecule has 0 saturated heterocycles. The topological polar surface area (TPSA) is 73.6 Å². The maximum absolute atomic E-state index is 12.2. The summed E-state index contributed by atoms with van der Waals surface area (Å²) in [5.41, 5.74) is 8.22. The van der Waals surface area contributed by atoms with Gasteiger partial charge in [-0.3, -0.25) is 0 Å². The minimum absolute atomic E-state index is 0.0801. The molecule has 0 fully saturated rings. The van der Waals surface area contributed by atoms with E-state index in [9.17, 15) is 4.79 Å². The minimum Gasteiger partial charge on any atom is -0.497 e. The third-order valence-corrected chi connectivity index (χ3v) is 5.30. The van der Waals surface area contributed by atoms with Crippen LogP contribution in [-0.4, -0.2) is 32.8 Å². The highest BCUT2D eigenvalue weighted by molar-refractivity contribution is 7.21. The third kappa shape index (κ3) is 3.98. The molecule has 0 aliphatic heterocycles. The van der Waals surface area contributed by atoms with Gasteiger partial charge in [0.05, 0.1) is 19.9 Å². The fourth-order valence-electron chi connectivity index (χ4n) is 2.84. The predicted molar refractivity (Wildman–Crippen MR) is 106 cm³/mol. The molecule has 0 unspecified atom stereocenters. The van der Waals surface area contributed by atoms with Crippen molar-refractivity contribution in [3.8, 4) is 5.75 Å². The number of thiophene rings is 1. The summed E-state index contributed by atoms with van der Waals surface area (Å²) in [4.78, 5) is 12.7. The zero-order chi connectivity index (χ0) is 18.5. The number of esters is 1. The Morgan fingerprint density at radius 2 is 1.96 bits per heavy atom. The van der Waals surface area contributed by atoms with E-state index >= 15 is 0 Å². The monoisotopic (exact) mass is 370 g/mol. The van der Waals surface area contributed by atoms with Crippen molar-refractivity contribution in [2.75, 3.05) is 26.1 Å². The van der Waals surface area contributed by atoms with Gasteiger partial charge in [-0.25, -0.2) is 4.79 Å². The van der Waals surface area contributed by atoms with Crippen molar-refractivity contribution in [1.29, 1.82) is 0 Å². The average Bonchev–Trinajstić information content (AvgIpc) is 3.04. The van der Waals surface area contributed by atoms with Gasteiger partial charge in [0, 0.05) is 22.7 Å². The fraction of sp³-hybridized carbons (Fsp3) is 0.250. The second kappa shape index (κ2) is 8.21. The molecule has 1 heterocycles. The number of carbonyl (C=O) groups is 1. The van der Waals surface area contributed by atoms with Gasteiger partial charge in [0.2, 0.25) is 0 Å². The maximum atomic E-state index is 12.2. The van der Waals surface area contributed by atoms with Crippen LogP contribution in [0.25, 0.3) is 10.1 Å². The molecular weight excluding hydrogens is 348 g/mol. The molecule has 3 rings (SSSR count). The smallest absolute Gasteiger partial charge is 0.350 e. The van der Waals surface area contributed by atoms with Crippen LogP contribution in [0, 0.1) is 0 Å². The van der Waals surface area contributed by atoms with Crippen LogP contribution in [0.15, 0.2) is 48.5 Å². The van der Waals surface area contributed by atoms with Crippen LogP contribution in [0.5, 0.6) is 5.75 Å². The molecular formula is C20H22N2O3S. The predicted octanol–water partition coefficient (Wildman–Crippen LogP) is 3.68. The summed E-state index contributed by atoms with van der Waals surface area (Å²) in [6.45, 7) is 0.544. The Labute approximate surface area is 156 Å². The van der Waals surface area contributed by atoms with Crippen molar-refractivity contribution in [3.05, 3.63) is 59.0 Å². The minimum atomic E-state index is -0.357. The molecule has 26 heavy (non-hydrogen) atoms. The summed E-state index contributed by atoms with van der Waals surface area (Å²) in [6, 6.07) is 15.8. The van der Waals surface area contributed by atoms with Gasteiger partial charge < -0.3 is 20.5 Å². The van der Waals surface area contributed by atoms with Crippen LogP contribution in [0.4, 0.5) is 5.69 Å². The number of methoxy groups -OCH3 is 2. The van der Waals surface area contributed by atoms with Crippen LogP contribution >= 0.6 is 11.3 Å². The largest absolute Gasteiger partial charge is 0.497 e. The van der Waals surface area contributed by atoms with Gasteiger partial charge in [0.25, 0.3) is 0 Å². The number of nitrogens with one attached hydrogen (secondary N) is 1. The van der Waals surface area contributed by atoms with Gasteiger partial charge in [-0.15, -0.1) is 11.3 Å². The molecule has 1 atom stereocenters. The van der Waals surface area contributed by atoms with E-state index in [2.05, 4.69) is 17.4 Å². The molecule has 0 aliphatic rings. The van der Waals surface area contributed by atoms with E-state index in [1.54, 1.807) is 7.11 Å². The molecule has 0 spiro atoms. The fourth-order valence-corrected chi connectivity index (χ4v) is 3.92. The first-order valence-electron chi connectivity index (χ1n) is 8.34. The Bertz CT molecular complexity index is 893. The quantitative estimate of drug-likeness (QED) is 0.621. The van der Waals surface area contributed by atoms with Crippen molar-refractivity contribution >= 4 is 33.1 Å². The van der Waals surface area contributed by atoms with Gasteiger partial charge in [-0.1, -0.05) is 30.3 Å². The molecule has 0 radical (unpaired) electrons. The molecule has 3 aromatic rings. The second-order valence-corrected chi connectivity index (χ2v) is 7.04. The van der Waals surface area contributed by atoms with E-state index in [1.807, 2.05) is 36.4 Å². The van der Waals surface area contributed by atoms with Gasteiger partial charge in [0.1, 0.15) is 10.6 Å². The molecule has 0 saturated carbocycles. The molecule has 136 valence electrons. The standard InChI is InChI=1S/C20H22N2O3S/c1-24-15-8-9-17-16(11-15)18(19(26-17)20(23)25-2)22-12-14(21)10-13-6-4-3-5-7-13/h3-9,11,14,22H,10,12,21H2,1-2H3/t14-/m1/s1. The summed E-state index contributed by atoms with van der Waals surface area (Å²) < 4.78 is 11.2. The summed E-state index contributed by atoms with van der Waals surface area (Å²) in [6.07, 6.45) is 0.757. The highest BCUT2D eigenvalue weighted by atomic mass is 32.1. The Balaban J connectivity index is 1.83. The number of fused-ring (bicyclic) bond motifs is 1. The Hall–Kier alpha value is -2.57. The lowest BCUT2D eigenvalue weighted by Gasteiger charge is -2.14. The molecule has 0 aliphatic carbocycles. The van der Waals surface area contributed by atoms with Crippen molar-refractivity contribution in [2.45, 2.75) is 12.5 Å². The number of ether oxygens (including phenoxy) is 2. The molecule has 6 heteroatoms. The normalized spacial score (nSPS) is 12.0. The Kier molecular flexibility index (Phi) is 5.75. The van der Waals surface area contributed by atoms with Gasteiger partial charge in [0.15, 0.2) is 0 Å². The van der Waals surface area contributed by atoms with Crippen molar-refractivity contribution in [1.82, 2.24) is 0 Å². The first-order chi connectivity index (χ1) is 12.6.